The van der Waals surface area contributed by atoms with Crippen molar-refractivity contribution in [2.75, 3.05) is 18.0 Å². The lowest BCUT2D eigenvalue weighted by molar-refractivity contribution is 0.375. The fraction of sp³-hybridized carbons (Fsp3) is 0.469. The average molecular weight is 483 g/mol. The van der Waals surface area contributed by atoms with Crippen molar-refractivity contribution in [2.24, 2.45) is 5.92 Å². The zero-order valence-corrected chi connectivity index (χ0v) is 22.1. The maximum atomic E-state index is 6.82. The molecular formula is C32H42N4. The van der Waals surface area contributed by atoms with Gasteiger partial charge in [-0.05, 0) is 110 Å². The van der Waals surface area contributed by atoms with Crippen LogP contribution in [-0.2, 0) is 6.42 Å². The molecule has 2 aliphatic carbocycles. The highest BCUT2D eigenvalue weighted by Gasteiger charge is 2.28. The second-order valence-electron chi connectivity index (χ2n) is 10.9. The third-order valence-electron chi connectivity index (χ3n) is 8.13. The monoisotopic (exact) mass is 482 g/mol. The lowest BCUT2D eigenvalue weighted by atomic mass is 9.93. The van der Waals surface area contributed by atoms with Crippen LogP contribution < -0.4 is 16.8 Å². The molecule has 36 heavy (non-hydrogen) atoms. The summed E-state index contributed by atoms with van der Waals surface area (Å²) in [5.41, 5.74) is 23.3. The molecule has 5 rings (SSSR count). The summed E-state index contributed by atoms with van der Waals surface area (Å²) in [6, 6.07) is 11.6. The van der Waals surface area contributed by atoms with Crippen LogP contribution in [0.2, 0.25) is 0 Å². The zero-order valence-electron chi connectivity index (χ0n) is 22.1. The second kappa shape index (κ2) is 11.0. The number of hydrogen-bond donors (Lipinski definition) is 3. The molecule has 0 amide bonds. The van der Waals surface area contributed by atoms with Crippen LogP contribution in [0, 0.1) is 12.8 Å². The van der Waals surface area contributed by atoms with Gasteiger partial charge in [0.15, 0.2) is 0 Å². The Balaban J connectivity index is 1.43. The predicted octanol–water partition coefficient (Wildman–Crippen LogP) is 7.43. The van der Waals surface area contributed by atoms with Crippen molar-refractivity contribution in [3.05, 3.63) is 59.3 Å². The molecule has 5 N–H and O–H groups in total. The van der Waals surface area contributed by atoms with Gasteiger partial charge in [-0.2, -0.15) is 0 Å². The van der Waals surface area contributed by atoms with Gasteiger partial charge in [0.25, 0.3) is 0 Å². The van der Waals surface area contributed by atoms with Crippen LogP contribution in [0.15, 0.2) is 42.6 Å². The van der Waals surface area contributed by atoms with Gasteiger partial charge in [0.2, 0.25) is 0 Å². The minimum absolute atomic E-state index is 0.644. The molecule has 2 fully saturated rings. The Morgan fingerprint density at radius 2 is 1.81 bits per heavy atom. The summed E-state index contributed by atoms with van der Waals surface area (Å²) in [5.74, 6) is 0.644. The second-order valence-corrected chi connectivity index (χ2v) is 10.9. The van der Waals surface area contributed by atoms with Gasteiger partial charge in [0, 0.05) is 28.9 Å². The Morgan fingerprint density at radius 1 is 1.00 bits per heavy atom. The number of benzene rings is 2. The summed E-state index contributed by atoms with van der Waals surface area (Å²) < 4.78 is 0. The number of allylic oxidation sites excluding steroid dienone is 2. The van der Waals surface area contributed by atoms with E-state index in [1.807, 2.05) is 6.20 Å². The number of aromatic nitrogens is 1. The number of aryl methyl sites for hydroxylation is 1. The van der Waals surface area contributed by atoms with E-state index in [1.54, 1.807) is 0 Å². The summed E-state index contributed by atoms with van der Waals surface area (Å²) in [6.07, 6.45) is 16.8. The minimum atomic E-state index is 0.644. The quantitative estimate of drug-likeness (QED) is 0.277. The van der Waals surface area contributed by atoms with E-state index in [2.05, 4.69) is 55.6 Å². The van der Waals surface area contributed by atoms with E-state index < -0.39 is 0 Å². The predicted molar refractivity (Wildman–Crippen MR) is 155 cm³/mol. The van der Waals surface area contributed by atoms with Crippen molar-refractivity contribution in [3.63, 3.8) is 0 Å². The third kappa shape index (κ3) is 5.44. The molecule has 2 saturated carbocycles. The Hall–Kier alpha value is -2.85. The van der Waals surface area contributed by atoms with E-state index in [9.17, 15) is 0 Å². The number of fused-ring (bicyclic) bond motifs is 1. The van der Waals surface area contributed by atoms with Crippen LogP contribution in [0.4, 0.5) is 11.4 Å². The standard InChI is InChI=1S/C32H42N4/c1-3-4-10-27(22-11-12-22)29-20-36-30-14-13-23(19-28(30)32(29)34)25-17-21(2)31(33)24(18-25)15-16-35-26-8-6-5-7-9-26/h10,13-14,17-20,22,26,35H,3-9,11-12,15-16,33H2,1-2H3,(H2,34,36). The molecular weight excluding hydrogens is 440 g/mol. The molecule has 0 saturated heterocycles. The summed E-state index contributed by atoms with van der Waals surface area (Å²) in [5, 5.41) is 4.81. The highest BCUT2D eigenvalue weighted by atomic mass is 14.9. The molecule has 2 aromatic carbocycles. The number of hydrogen-bond acceptors (Lipinski definition) is 4. The molecule has 4 heteroatoms. The van der Waals surface area contributed by atoms with Gasteiger partial charge in [-0.25, -0.2) is 0 Å². The Morgan fingerprint density at radius 3 is 2.56 bits per heavy atom. The molecule has 0 bridgehead atoms. The molecule has 0 radical (unpaired) electrons. The average Bonchev–Trinajstić information content (AvgIpc) is 3.74. The fourth-order valence-corrected chi connectivity index (χ4v) is 5.78. The van der Waals surface area contributed by atoms with Crippen molar-refractivity contribution in [1.82, 2.24) is 10.3 Å². The number of nitrogens with two attached hydrogens (primary N) is 2. The van der Waals surface area contributed by atoms with Gasteiger partial charge in [-0.1, -0.05) is 44.7 Å². The van der Waals surface area contributed by atoms with E-state index in [1.165, 1.54) is 67.2 Å². The summed E-state index contributed by atoms with van der Waals surface area (Å²) in [7, 11) is 0. The molecule has 2 aliphatic rings. The van der Waals surface area contributed by atoms with Crippen molar-refractivity contribution < 1.29 is 0 Å². The number of anilines is 2. The van der Waals surface area contributed by atoms with Gasteiger partial charge in [0.1, 0.15) is 0 Å². The van der Waals surface area contributed by atoms with Crippen LogP contribution in [0.3, 0.4) is 0 Å². The molecule has 4 nitrogen and oxygen atoms in total. The summed E-state index contributed by atoms with van der Waals surface area (Å²) in [6.45, 7) is 5.32. The molecule has 0 unspecified atom stereocenters. The van der Waals surface area contributed by atoms with E-state index in [-0.39, 0.29) is 0 Å². The van der Waals surface area contributed by atoms with Gasteiger partial charge >= 0.3 is 0 Å². The maximum absolute atomic E-state index is 6.82. The summed E-state index contributed by atoms with van der Waals surface area (Å²) >= 11 is 0. The number of unbranched alkanes of at least 4 members (excludes halogenated alkanes) is 1. The molecule has 0 spiro atoms. The highest BCUT2D eigenvalue weighted by molar-refractivity contribution is 5.98. The lowest BCUT2D eigenvalue weighted by Crippen LogP contribution is -2.32. The van der Waals surface area contributed by atoms with Gasteiger partial charge < -0.3 is 16.8 Å². The molecule has 190 valence electrons. The fourth-order valence-electron chi connectivity index (χ4n) is 5.78. The molecule has 1 heterocycles. The highest BCUT2D eigenvalue weighted by Crippen LogP contribution is 2.45. The van der Waals surface area contributed by atoms with E-state index in [0.29, 0.717) is 12.0 Å². The van der Waals surface area contributed by atoms with E-state index in [0.717, 1.165) is 59.2 Å². The van der Waals surface area contributed by atoms with Crippen molar-refractivity contribution in [3.8, 4) is 11.1 Å². The Bertz CT molecular complexity index is 1250. The SMILES string of the molecule is CCCC=C(c1cnc2ccc(-c3cc(C)c(N)c(CCNC4CCCCC4)c3)cc2c1N)C1CC1. The van der Waals surface area contributed by atoms with Crippen LogP contribution in [-0.4, -0.2) is 17.6 Å². The van der Waals surface area contributed by atoms with Crippen molar-refractivity contribution in [2.45, 2.75) is 84.1 Å². The van der Waals surface area contributed by atoms with Gasteiger partial charge in [-0.3, -0.25) is 4.98 Å². The number of pyridine rings is 1. The number of nitrogen functional groups attached to an aromatic ring is 2. The number of rotatable bonds is 9. The molecule has 3 aromatic rings. The first-order valence-electron chi connectivity index (χ1n) is 14.1. The normalized spacial score (nSPS) is 17.1. The van der Waals surface area contributed by atoms with E-state index in [4.69, 9.17) is 16.5 Å². The molecule has 0 atom stereocenters. The largest absolute Gasteiger partial charge is 0.398 e. The van der Waals surface area contributed by atoms with Gasteiger partial charge in [0.05, 0.1) is 11.2 Å². The summed E-state index contributed by atoms with van der Waals surface area (Å²) in [4.78, 5) is 4.80. The molecule has 1 aromatic heterocycles. The number of nitrogens with zero attached hydrogens (tertiary/aromatic N) is 1. The first-order chi connectivity index (χ1) is 17.5. The minimum Gasteiger partial charge on any atom is -0.398 e. The van der Waals surface area contributed by atoms with Crippen molar-refractivity contribution >= 4 is 27.9 Å². The Labute approximate surface area is 216 Å². The third-order valence-corrected chi connectivity index (χ3v) is 8.13. The van der Waals surface area contributed by atoms with E-state index >= 15 is 0 Å². The maximum Gasteiger partial charge on any atom is 0.0723 e. The van der Waals surface area contributed by atoms with Crippen molar-refractivity contribution in [1.29, 1.82) is 0 Å². The molecule has 0 aliphatic heterocycles. The van der Waals surface area contributed by atoms with Crippen LogP contribution in [0.25, 0.3) is 27.6 Å². The Kier molecular flexibility index (Phi) is 7.62. The lowest BCUT2D eigenvalue weighted by Gasteiger charge is -2.23. The zero-order chi connectivity index (χ0) is 25.1. The van der Waals surface area contributed by atoms with Crippen LogP contribution in [0.1, 0.15) is 81.4 Å². The number of nitrogens with one attached hydrogen (secondary N) is 1. The first kappa shape index (κ1) is 24.8. The smallest absolute Gasteiger partial charge is 0.0723 e. The van der Waals surface area contributed by atoms with Crippen LogP contribution >= 0.6 is 0 Å². The topological polar surface area (TPSA) is 77.0 Å². The van der Waals surface area contributed by atoms with Crippen LogP contribution in [0.5, 0.6) is 0 Å². The first-order valence-corrected chi connectivity index (χ1v) is 14.1. The van der Waals surface area contributed by atoms with Gasteiger partial charge in [-0.15, -0.1) is 0 Å².